The molecule has 0 amide bonds. The van der Waals surface area contributed by atoms with Gasteiger partial charge in [-0.25, -0.2) is 4.79 Å². The molecular formula is C22H19F3O3S. The molecule has 0 bridgehead atoms. The van der Waals surface area contributed by atoms with Crippen molar-refractivity contribution in [3.63, 3.8) is 0 Å². The van der Waals surface area contributed by atoms with Crippen molar-refractivity contribution >= 4 is 17.3 Å². The number of halogens is 3. The molecule has 0 unspecified atom stereocenters. The molecule has 0 saturated heterocycles. The molecule has 2 aromatic carbocycles. The standard InChI is InChI=1S/C22H19F3O3S/c1-13-11-17(28-10-9-18-7-8-19(29-18)21(26)27)12-14(2)20(13)15-3-5-16(6-4-15)22(23,24)25/h3-8,11-12H,9-10H2,1-2H3,(H,26,27). The van der Waals surface area contributed by atoms with Crippen molar-refractivity contribution in [3.8, 4) is 16.9 Å². The van der Waals surface area contributed by atoms with E-state index >= 15 is 0 Å². The molecule has 3 rings (SSSR count). The molecule has 0 aliphatic carbocycles. The molecule has 0 fully saturated rings. The van der Waals surface area contributed by atoms with Gasteiger partial charge in [-0.15, -0.1) is 11.3 Å². The van der Waals surface area contributed by atoms with Crippen LogP contribution in [-0.2, 0) is 12.6 Å². The molecule has 0 spiro atoms. The van der Waals surface area contributed by atoms with Crippen LogP contribution >= 0.6 is 11.3 Å². The van der Waals surface area contributed by atoms with Gasteiger partial charge in [0, 0.05) is 11.3 Å². The van der Waals surface area contributed by atoms with Gasteiger partial charge in [-0.3, -0.25) is 0 Å². The van der Waals surface area contributed by atoms with Gasteiger partial charge in [-0.05, 0) is 72.5 Å². The van der Waals surface area contributed by atoms with Crippen LogP contribution in [0.15, 0.2) is 48.5 Å². The lowest BCUT2D eigenvalue weighted by Crippen LogP contribution is -2.04. The first-order valence-electron chi connectivity index (χ1n) is 8.89. The van der Waals surface area contributed by atoms with Gasteiger partial charge in [0.05, 0.1) is 12.2 Å². The number of aryl methyl sites for hydroxylation is 2. The molecule has 0 radical (unpaired) electrons. The highest BCUT2D eigenvalue weighted by atomic mass is 32.1. The van der Waals surface area contributed by atoms with Crippen LogP contribution in [-0.4, -0.2) is 17.7 Å². The van der Waals surface area contributed by atoms with E-state index in [9.17, 15) is 18.0 Å². The highest BCUT2D eigenvalue weighted by Crippen LogP contribution is 2.34. The zero-order chi connectivity index (χ0) is 21.2. The Labute approximate surface area is 170 Å². The monoisotopic (exact) mass is 420 g/mol. The third kappa shape index (κ3) is 4.98. The van der Waals surface area contributed by atoms with E-state index in [-0.39, 0.29) is 0 Å². The Balaban J connectivity index is 1.71. The van der Waals surface area contributed by atoms with Crippen molar-refractivity contribution in [2.24, 2.45) is 0 Å². The topological polar surface area (TPSA) is 46.5 Å². The van der Waals surface area contributed by atoms with Gasteiger partial charge in [0.25, 0.3) is 0 Å². The number of thiophene rings is 1. The Bertz CT molecular complexity index is 998. The molecule has 152 valence electrons. The molecule has 7 heteroatoms. The maximum absolute atomic E-state index is 12.8. The number of carboxylic acid groups (broad SMARTS) is 1. The van der Waals surface area contributed by atoms with Crippen LogP contribution in [0, 0.1) is 13.8 Å². The van der Waals surface area contributed by atoms with Gasteiger partial charge >= 0.3 is 12.1 Å². The van der Waals surface area contributed by atoms with E-state index in [2.05, 4.69) is 0 Å². The third-order valence-corrected chi connectivity index (χ3v) is 5.63. The van der Waals surface area contributed by atoms with Gasteiger partial charge in [0.15, 0.2) is 0 Å². The normalized spacial score (nSPS) is 11.5. The predicted molar refractivity (Wildman–Crippen MR) is 107 cm³/mol. The molecular weight excluding hydrogens is 401 g/mol. The van der Waals surface area contributed by atoms with Gasteiger partial charge in [0.1, 0.15) is 10.6 Å². The minimum atomic E-state index is -4.35. The molecule has 29 heavy (non-hydrogen) atoms. The summed E-state index contributed by atoms with van der Waals surface area (Å²) in [5, 5.41) is 8.96. The molecule has 3 nitrogen and oxygen atoms in total. The first-order valence-corrected chi connectivity index (χ1v) is 9.70. The second-order valence-electron chi connectivity index (χ2n) is 6.68. The summed E-state index contributed by atoms with van der Waals surface area (Å²) < 4.78 is 44.1. The van der Waals surface area contributed by atoms with Crippen LogP contribution in [0.4, 0.5) is 13.2 Å². The minimum Gasteiger partial charge on any atom is -0.493 e. The van der Waals surface area contributed by atoms with E-state index in [0.29, 0.717) is 23.7 Å². The Kier molecular flexibility index (Phi) is 5.98. The summed E-state index contributed by atoms with van der Waals surface area (Å²) in [6.07, 6.45) is -3.76. The Morgan fingerprint density at radius 1 is 1.03 bits per heavy atom. The smallest absolute Gasteiger partial charge is 0.416 e. The van der Waals surface area contributed by atoms with E-state index in [1.807, 2.05) is 26.0 Å². The van der Waals surface area contributed by atoms with Crippen molar-refractivity contribution in [1.29, 1.82) is 0 Å². The van der Waals surface area contributed by atoms with E-state index in [0.717, 1.165) is 39.3 Å². The number of aromatic carboxylic acids is 1. The highest BCUT2D eigenvalue weighted by molar-refractivity contribution is 7.13. The molecule has 0 saturated carbocycles. The molecule has 1 N–H and O–H groups in total. The van der Waals surface area contributed by atoms with Gasteiger partial charge in [-0.1, -0.05) is 12.1 Å². The van der Waals surface area contributed by atoms with Crippen LogP contribution < -0.4 is 4.74 Å². The number of hydrogen-bond acceptors (Lipinski definition) is 3. The Hall–Kier alpha value is -2.80. The van der Waals surface area contributed by atoms with Crippen molar-refractivity contribution < 1.29 is 27.8 Å². The average Bonchev–Trinajstić information content (AvgIpc) is 3.10. The summed E-state index contributed by atoms with van der Waals surface area (Å²) in [5.74, 6) is -0.266. The van der Waals surface area contributed by atoms with Crippen molar-refractivity contribution in [2.45, 2.75) is 26.4 Å². The summed E-state index contributed by atoms with van der Waals surface area (Å²) in [6.45, 7) is 4.19. The number of hydrogen-bond donors (Lipinski definition) is 1. The van der Waals surface area contributed by atoms with Gasteiger partial charge < -0.3 is 9.84 Å². The molecule has 3 aromatic rings. The first-order chi connectivity index (χ1) is 13.6. The number of carbonyl (C=O) groups is 1. The molecule has 0 atom stereocenters. The van der Waals surface area contributed by atoms with Crippen LogP contribution in [0.5, 0.6) is 5.75 Å². The number of ether oxygens (including phenoxy) is 1. The number of rotatable bonds is 6. The lowest BCUT2D eigenvalue weighted by molar-refractivity contribution is -0.137. The van der Waals surface area contributed by atoms with Crippen LogP contribution in [0.2, 0.25) is 0 Å². The number of benzene rings is 2. The van der Waals surface area contributed by atoms with E-state index in [1.54, 1.807) is 12.1 Å². The Morgan fingerprint density at radius 3 is 2.17 bits per heavy atom. The van der Waals surface area contributed by atoms with Crippen LogP contribution in [0.25, 0.3) is 11.1 Å². The molecule has 1 heterocycles. The van der Waals surface area contributed by atoms with Crippen LogP contribution in [0.3, 0.4) is 0 Å². The number of alkyl halides is 3. The van der Waals surface area contributed by atoms with E-state index in [1.165, 1.54) is 23.5 Å². The maximum atomic E-state index is 12.8. The summed E-state index contributed by atoms with van der Waals surface area (Å²) >= 11 is 1.23. The fraction of sp³-hybridized carbons (Fsp3) is 0.227. The lowest BCUT2D eigenvalue weighted by atomic mass is 9.94. The van der Waals surface area contributed by atoms with Crippen molar-refractivity contribution in [2.75, 3.05) is 6.61 Å². The molecule has 1 aromatic heterocycles. The van der Waals surface area contributed by atoms with E-state index in [4.69, 9.17) is 9.84 Å². The summed E-state index contributed by atoms with van der Waals surface area (Å²) in [7, 11) is 0. The fourth-order valence-electron chi connectivity index (χ4n) is 3.19. The third-order valence-electron chi connectivity index (χ3n) is 4.50. The zero-order valence-corrected chi connectivity index (χ0v) is 16.7. The minimum absolute atomic E-state index is 0.299. The van der Waals surface area contributed by atoms with E-state index < -0.39 is 17.7 Å². The average molecular weight is 420 g/mol. The second kappa shape index (κ2) is 8.29. The largest absolute Gasteiger partial charge is 0.493 e. The quantitative estimate of drug-likeness (QED) is 0.504. The second-order valence-corrected chi connectivity index (χ2v) is 7.85. The first kappa shape index (κ1) is 20.9. The Morgan fingerprint density at radius 2 is 1.66 bits per heavy atom. The van der Waals surface area contributed by atoms with Gasteiger partial charge in [0.2, 0.25) is 0 Å². The summed E-state index contributed by atoms with van der Waals surface area (Å²) in [4.78, 5) is 12.2. The predicted octanol–water partition coefficient (Wildman–Crippen LogP) is 6.37. The van der Waals surface area contributed by atoms with Gasteiger partial charge in [-0.2, -0.15) is 13.2 Å². The molecule has 0 aliphatic rings. The maximum Gasteiger partial charge on any atom is 0.416 e. The highest BCUT2D eigenvalue weighted by Gasteiger charge is 2.30. The SMILES string of the molecule is Cc1cc(OCCc2ccc(C(=O)O)s2)cc(C)c1-c1ccc(C(F)(F)F)cc1. The van der Waals surface area contributed by atoms with Crippen LogP contribution in [0.1, 0.15) is 31.2 Å². The summed E-state index contributed by atoms with van der Waals surface area (Å²) in [5.41, 5.74) is 2.75. The van der Waals surface area contributed by atoms with Crippen molar-refractivity contribution in [3.05, 3.63) is 75.0 Å². The van der Waals surface area contributed by atoms with Crippen molar-refractivity contribution in [1.82, 2.24) is 0 Å². The fourth-order valence-corrected chi connectivity index (χ4v) is 4.01. The number of carboxylic acids is 1. The lowest BCUT2D eigenvalue weighted by Gasteiger charge is -2.15. The molecule has 0 aliphatic heterocycles. The zero-order valence-electron chi connectivity index (χ0n) is 15.8. The summed E-state index contributed by atoms with van der Waals surface area (Å²) in [6, 6.07) is 12.2.